The third-order valence-corrected chi connectivity index (χ3v) is 2.51. The fraction of sp³-hybridized carbons (Fsp3) is 0.333. The third kappa shape index (κ3) is 2.87. The van der Waals surface area contributed by atoms with E-state index in [1.165, 1.54) is 6.33 Å². The Morgan fingerprint density at radius 1 is 1.37 bits per heavy atom. The highest BCUT2D eigenvalue weighted by Gasteiger charge is 2.16. The van der Waals surface area contributed by atoms with Gasteiger partial charge in [0.05, 0.1) is 37.1 Å². The molecule has 2 N–H and O–H groups in total. The number of carbonyl (C=O) groups is 1. The van der Waals surface area contributed by atoms with Crippen molar-refractivity contribution in [2.75, 3.05) is 12.3 Å². The van der Waals surface area contributed by atoms with Gasteiger partial charge in [0.25, 0.3) is 0 Å². The summed E-state index contributed by atoms with van der Waals surface area (Å²) >= 11 is 0. The van der Waals surface area contributed by atoms with E-state index in [-0.39, 0.29) is 18.1 Å². The van der Waals surface area contributed by atoms with E-state index in [4.69, 9.17) is 10.5 Å². The number of aromatic nitrogens is 4. The first-order chi connectivity index (χ1) is 9.11. The summed E-state index contributed by atoms with van der Waals surface area (Å²) in [4.78, 5) is 23.9. The molecule has 2 rings (SSSR count). The molecule has 0 aliphatic rings. The van der Waals surface area contributed by atoms with Gasteiger partial charge < -0.3 is 15.0 Å². The average Bonchev–Trinajstić information content (AvgIpc) is 2.74. The van der Waals surface area contributed by atoms with Crippen LogP contribution in [-0.2, 0) is 11.3 Å². The van der Waals surface area contributed by atoms with Crippen LogP contribution in [-0.4, -0.2) is 32.1 Å². The number of anilines is 1. The van der Waals surface area contributed by atoms with Gasteiger partial charge in [-0.3, -0.25) is 9.97 Å². The molecule has 0 aromatic carbocycles. The number of nitrogen functional groups attached to an aromatic ring is 1. The van der Waals surface area contributed by atoms with Gasteiger partial charge in [0.1, 0.15) is 5.82 Å². The number of nitrogens with zero attached hydrogens (tertiary/aromatic N) is 4. The van der Waals surface area contributed by atoms with E-state index in [0.717, 1.165) is 11.4 Å². The second-order valence-corrected chi connectivity index (χ2v) is 3.98. The molecule has 0 saturated heterocycles. The molecule has 0 amide bonds. The summed E-state index contributed by atoms with van der Waals surface area (Å²) in [6, 6.07) is 0. The van der Waals surface area contributed by atoms with Crippen molar-refractivity contribution in [3.63, 3.8) is 0 Å². The Hall–Kier alpha value is -2.44. The standard InChI is InChI=1S/C12H15N5O2/c1-3-19-12(18)10-11(13)17(7-16-10)6-9-5-14-8(2)4-15-9/h4-5,7H,3,6,13H2,1-2H3. The highest BCUT2D eigenvalue weighted by molar-refractivity contribution is 5.92. The van der Waals surface area contributed by atoms with Crippen LogP contribution in [0.25, 0.3) is 0 Å². The predicted molar refractivity (Wildman–Crippen MR) is 68.5 cm³/mol. The normalized spacial score (nSPS) is 10.4. The van der Waals surface area contributed by atoms with Crippen LogP contribution in [0.15, 0.2) is 18.7 Å². The van der Waals surface area contributed by atoms with Crippen molar-refractivity contribution in [3.8, 4) is 0 Å². The molecule has 0 spiro atoms. The summed E-state index contributed by atoms with van der Waals surface area (Å²) in [6.07, 6.45) is 4.83. The van der Waals surface area contributed by atoms with Crippen LogP contribution in [0, 0.1) is 6.92 Å². The number of imidazole rings is 1. The summed E-state index contributed by atoms with van der Waals surface area (Å²) in [6.45, 7) is 4.29. The molecular weight excluding hydrogens is 246 g/mol. The Morgan fingerprint density at radius 3 is 2.79 bits per heavy atom. The molecule has 0 bridgehead atoms. The number of ether oxygens (including phenoxy) is 1. The van der Waals surface area contributed by atoms with E-state index in [1.54, 1.807) is 23.9 Å². The Labute approximate surface area is 110 Å². The van der Waals surface area contributed by atoms with Crippen molar-refractivity contribution < 1.29 is 9.53 Å². The predicted octanol–water partition coefficient (Wildman–Crippen LogP) is 0.789. The zero-order chi connectivity index (χ0) is 13.8. The first-order valence-electron chi connectivity index (χ1n) is 5.87. The minimum absolute atomic E-state index is 0.127. The maximum atomic E-state index is 11.6. The van der Waals surface area contributed by atoms with E-state index in [9.17, 15) is 4.79 Å². The number of hydrogen-bond acceptors (Lipinski definition) is 6. The van der Waals surface area contributed by atoms with Gasteiger partial charge in [-0.05, 0) is 13.8 Å². The number of hydrogen-bond donors (Lipinski definition) is 1. The largest absolute Gasteiger partial charge is 0.461 e. The number of rotatable bonds is 4. The van der Waals surface area contributed by atoms with E-state index in [0.29, 0.717) is 6.54 Å². The van der Waals surface area contributed by atoms with Crippen LogP contribution < -0.4 is 5.73 Å². The maximum Gasteiger partial charge on any atom is 0.360 e. The second kappa shape index (κ2) is 5.47. The van der Waals surface area contributed by atoms with E-state index >= 15 is 0 Å². The topological polar surface area (TPSA) is 95.9 Å². The summed E-state index contributed by atoms with van der Waals surface area (Å²) in [5.74, 6) is -0.255. The molecule has 0 fully saturated rings. The van der Waals surface area contributed by atoms with Crippen LogP contribution >= 0.6 is 0 Å². The van der Waals surface area contributed by atoms with Gasteiger partial charge in [0.15, 0.2) is 5.69 Å². The molecule has 100 valence electrons. The summed E-state index contributed by atoms with van der Waals surface area (Å²) < 4.78 is 6.50. The van der Waals surface area contributed by atoms with Crippen molar-refractivity contribution in [2.45, 2.75) is 20.4 Å². The summed E-state index contributed by atoms with van der Waals surface area (Å²) in [5, 5.41) is 0. The molecule has 7 heteroatoms. The molecule has 0 radical (unpaired) electrons. The summed E-state index contributed by atoms with van der Waals surface area (Å²) in [5.41, 5.74) is 7.57. The fourth-order valence-corrected chi connectivity index (χ4v) is 1.55. The Morgan fingerprint density at radius 2 is 2.16 bits per heavy atom. The van der Waals surface area contributed by atoms with E-state index < -0.39 is 5.97 Å². The number of esters is 1. The van der Waals surface area contributed by atoms with Crippen LogP contribution in [0.3, 0.4) is 0 Å². The van der Waals surface area contributed by atoms with Crippen molar-refractivity contribution in [1.82, 2.24) is 19.5 Å². The lowest BCUT2D eigenvalue weighted by molar-refractivity contribution is 0.0521. The maximum absolute atomic E-state index is 11.6. The first kappa shape index (κ1) is 13.0. The minimum atomic E-state index is -0.520. The van der Waals surface area contributed by atoms with Gasteiger partial charge in [-0.15, -0.1) is 0 Å². The van der Waals surface area contributed by atoms with Crippen molar-refractivity contribution >= 4 is 11.8 Å². The average molecular weight is 261 g/mol. The number of aryl methyl sites for hydroxylation is 1. The lowest BCUT2D eigenvalue weighted by Crippen LogP contribution is -2.11. The van der Waals surface area contributed by atoms with Crippen LogP contribution in [0.2, 0.25) is 0 Å². The third-order valence-electron chi connectivity index (χ3n) is 2.51. The Kier molecular flexibility index (Phi) is 3.74. The molecule has 2 heterocycles. The van der Waals surface area contributed by atoms with Crippen LogP contribution in [0.4, 0.5) is 5.82 Å². The van der Waals surface area contributed by atoms with Gasteiger partial charge in [0, 0.05) is 6.20 Å². The molecule has 7 nitrogen and oxygen atoms in total. The quantitative estimate of drug-likeness (QED) is 0.817. The molecule has 0 saturated carbocycles. The van der Waals surface area contributed by atoms with Gasteiger partial charge in [-0.2, -0.15) is 0 Å². The molecule has 0 atom stereocenters. The Bertz CT molecular complexity index is 576. The van der Waals surface area contributed by atoms with Gasteiger partial charge in [0.2, 0.25) is 0 Å². The minimum Gasteiger partial charge on any atom is -0.461 e. The molecule has 0 unspecified atom stereocenters. The lowest BCUT2D eigenvalue weighted by Gasteiger charge is -2.05. The van der Waals surface area contributed by atoms with Gasteiger partial charge in [-0.1, -0.05) is 0 Å². The van der Waals surface area contributed by atoms with Crippen LogP contribution in [0.5, 0.6) is 0 Å². The highest BCUT2D eigenvalue weighted by atomic mass is 16.5. The smallest absolute Gasteiger partial charge is 0.360 e. The van der Waals surface area contributed by atoms with Crippen molar-refractivity contribution in [2.24, 2.45) is 0 Å². The van der Waals surface area contributed by atoms with Crippen molar-refractivity contribution in [1.29, 1.82) is 0 Å². The van der Waals surface area contributed by atoms with E-state index in [2.05, 4.69) is 15.0 Å². The molecule has 0 aliphatic carbocycles. The monoisotopic (exact) mass is 261 g/mol. The zero-order valence-electron chi connectivity index (χ0n) is 10.8. The molecule has 0 aliphatic heterocycles. The molecular formula is C12H15N5O2. The van der Waals surface area contributed by atoms with Crippen molar-refractivity contribution in [3.05, 3.63) is 35.8 Å². The summed E-state index contributed by atoms with van der Waals surface area (Å²) in [7, 11) is 0. The van der Waals surface area contributed by atoms with E-state index in [1.807, 2.05) is 6.92 Å². The zero-order valence-corrected chi connectivity index (χ0v) is 10.8. The fourth-order valence-electron chi connectivity index (χ4n) is 1.55. The molecule has 2 aromatic heterocycles. The Balaban J connectivity index is 2.18. The lowest BCUT2D eigenvalue weighted by atomic mass is 10.4. The van der Waals surface area contributed by atoms with Crippen LogP contribution in [0.1, 0.15) is 28.8 Å². The molecule has 2 aromatic rings. The second-order valence-electron chi connectivity index (χ2n) is 3.98. The molecule has 19 heavy (non-hydrogen) atoms. The number of nitrogens with two attached hydrogens (primary N) is 1. The van der Waals surface area contributed by atoms with Gasteiger partial charge in [-0.25, -0.2) is 9.78 Å². The first-order valence-corrected chi connectivity index (χ1v) is 5.87. The number of carbonyl (C=O) groups excluding carboxylic acids is 1. The van der Waals surface area contributed by atoms with Gasteiger partial charge >= 0.3 is 5.97 Å². The SMILES string of the molecule is CCOC(=O)c1ncn(Cc2cnc(C)cn2)c1N. The highest BCUT2D eigenvalue weighted by Crippen LogP contribution is 2.13.